The number of carbonyl (C=O) groups excluding carboxylic acids is 2. The van der Waals surface area contributed by atoms with Crippen molar-refractivity contribution in [2.24, 2.45) is 17.8 Å². The molecule has 8 nitrogen and oxygen atoms in total. The van der Waals surface area contributed by atoms with Gasteiger partial charge in [0.1, 0.15) is 6.54 Å². The number of anilines is 1. The summed E-state index contributed by atoms with van der Waals surface area (Å²) in [5.41, 5.74) is 0.508. The first kappa shape index (κ1) is 27.4. The molecule has 0 spiro atoms. The third-order valence-electron chi connectivity index (χ3n) is 7.47. The lowest BCUT2D eigenvalue weighted by Gasteiger charge is -2.35. The summed E-state index contributed by atoms with van der Waals surface area (Å²) in [5.74, 6) is 1.77. The molecule has 0 aliphatic carbocycles. The molecule has 2 amide bonds. The van der Waals surface area contributed by atoms with E-state index in [1.54, 1.807) is 18.2 Å². The summed E-state index contributed by atoms with van der Waals surface area (Å²) >= 11 is 1.38. The molecule has 36 heavy (non-hydrogen) atoms. The average Bonchev–Trinajstić information content (AvgIpc) is 2.83. The van der Waals surface area contributed by atoms with E-state index in [4.69, 9.17) is 0 Å². The highest BCUT2D eigenvalue weighted by Crippen LogP contribution is 2.37. The van der Waals surface area contributed by atoms with Gasteiger partial charge in [0.2, 0.25) is 21.8 Å². The number of amides is 2. The van der Waals surface area contributed by atoms with Gasteiger partial charge in [0, 0.05) is 37.6 Å². The lowest BCUT2D eigenvalue weighted by Crippen LogP contribution is -2.44. The van der Waals surface area contributed by atoms with Gasteiger partial charge in [0.05, 0.1) is 16.3 Å². The smallest absolute Gasteiger partial charge is 0.243 e. The van der Waals surface area contributed by atoms with Crippen molar-refractivity contribution in [1.29, 1.82) is 0 Å². The largest absolute Gasteiger partial charge is 0.355 e. The van der Waals surface area contributed by atoms with Crippen LogP contribution in [0.25, 0.3) is 0 Å². The maximum atomic E-state index is 13.3. The van der Waals surface area contributed by atoms with Gasteiger partial charge in [0.15, 0.2) is 0 Å². The van der Waals surface area contributed by atoms with Crippen LogP contribution in [0.3, 0.4) is 0 Å². The van der Waals surface area contributed by atoms with Crippen molar-refractivity contribution in [1.82, 2.24) is 14.5 Å². The van der Waals surface area contributed by atoms with Crippen molar-refractivity contribution in [3.05, 3.63) is 18.2 Å². The number of nitrogens with zero attached hydrogens (tertiary/aromatic N) is 3. The summed E-state index contributed by atoms with van der Waals surface area (Å²) in [6.07, 6.45) is 3.83. The predicted molar refractivity (Wildman–Crippen MR) is 144 cm³/mol. The van der Waals surface area contributed by atoms with E-state index in [-0.39, 0.29) is 29.0 Å². The Kier molecular flexibility index (Phi) is 9.01. The van der Waals surface area contributed by atoms with Crippen LogP contribution in [0.5, 0.6) is 0 Å². The van der Waals surface area contributed by atoms with Crippen molar-refractivity contribution in [3.8, 4) is 0 Å². The lowest BCUT2D eigenvalue weighted by molar-refractivity contribution is -0.123. The normalized spacial score (nSPS) is 24.5. The van der Waals surface area contributed by atoms with E-state index in [2.05, 4.69) is 31.0 Å². The number of piperidine rings is 2. The molecule has 0 radical (unpaired) electrons. The van der Waals surface area contributed by atoms with Gasteiger partial charge in [-0.25, -0.2) is 8.42 Å². The van der Waals surface area contributed by atoms with Gasteiger partial charge in [-0.1, -0.05) is 20.8 Å². The summed E-state index contributed by atoms with van der Waals surface area (Å²) in [6, 6.07) is 4.95. The lowest BCUT2D eigenvalue weighted by atomic mass is 9.92. The zero-order valence-corrected chi connectivity index (χ0v) is 23.4. The minimum Gasteiger partial charge on any atom is -0.355 e. The summed E-state index contributed by atoms with van der Waals surface area (Å²) in [5, 5.41) is 2.95. The molecular weight excluding hydrogens is 496 g/mol. The molecule has 2 fully saturated rings. The van der Waals surface area contributed by atoms with Crippen molar-refractivity contribution in [2.45, 2.75) is 56.2 Å². The van der Waals surface area contributed by atoms with Gasteiger partial charge in [-0.15, -0.1) is 11.8 Å². The standard InChI is InChI=1S/C26H40N4O4S2/c1-19-7-11-29(12-8-19)36(33,34)22-5-6-24-23(14-22)30(26(32)18-35-24)17-25(31)27-9-4-10-28-15-20(2)13-21(3)16-28/h5-6,14,19-21H,4,7-13,15-18H2,1-3H3,(H,27,31)/t20-,21-/m1/s1. The zero-order chi connectivity index (χ0) is 25.9. The van der Waals surface area contributed by atoms with Crippen LogP contribution < -0.4 is 10.2 Å². The Labute approximate surface area is 220 Å². The summed E-state index contributed by atoms with van der Waals surface area (Å²) in [7, 11) is -3.64. The first-order chi connectivity index (χ1) is 17.1. The maximum absolute atomic E-state index is 13.3. The van der Waals surface area contributed by atoms with Gasteiger partial charge in [-0.2, -0.15) is 4.31 Å². The zero-order valence-electron chi connectivity index (χ0n) is 21.7. The summed E-state index contributed by atoms with van der Waals surface area (Å²) < 4.78 is 28.1. The molecule has 3 aliphatic rings. The van der Waals surface area contributed by atoms with E-state index in [1.165, 1.54) is 27.4 Å². The van der Waals surface area contributed by atoms with Gasteiger partial charge in [0.25, 0.3) is 0 Å². The molecule has 10 heteroatoms. The highest BCUT2D eigenvalue weighted by molar-refractivity contribution is 8.00. The third-order valence-corrected chi connectivity index (χ3v) is 10.4. The number of sulfonamides is 1. The van der Waals surface area contributed by atoms with E-state index in [1.807, 2.05) is 0 Å². The van der Waals surface area contributed by atoms with Gasteiger partial charge < -0.3 is 15.1 Å². The Hall–Kier alpha value is -1.62. The highest BCUT2D eigenvalue weighted by atomic mass is 32.2. The summed E-state index contributed by atoms with van der Waals surface area (Å²) in [4.78, 5) is 30.4. The van der Waals surface area contributed by atoms with E-state index >= 15 is 0 Å². The molecule has 200 valence electrons. The molecule has 3 aliphatic heterocycles. The monoisotopic (exact) mass is 536 g/mol. The number of rotatable bonds is 8. The van der Waals surface area contributed by atoms with Crippen LogP contribution in [0, 0.1) is 17.8 Å². The number of benzene rings is 1. The SMILES string of the molecule is CC1CCN(S(=O)(=O)c2ccc3c(c2)N(CC(=O)NCCCN2C[C@H](C)C[C@@H](C)C2)C(=O)CS3)CC1. The van der Waals surface area contributed by atoms with Crippen LogP contribution in [-0.2, 0) is 19.6 Å². The van der Waals surface area contributed by atoms with Crippen molar-refractivity contribution < 1.29 is 18.0 Å². The predicted octanol–water partition coefficient (Wildman–Crippen LogP) is 3.03. The number of hydrogen-bond acceptors (Lipinski definition) is 6. The molecule has 1 aromatic rings. The third kappa shape index (κ3) is 6.62. The number of likely N-dealkylation sites (tertiary alicyclic amines) is 1. The number of nitrogens with one attached hydrogen (secondary N) is 1. The minimum absolute atomic E-state index is 0.102. The quantitative estimate of drug-likeness (QED) is 0.514. The van der Waals surface area contributed by atoms with E-state index in [9.17, 15) is 18.0 Å². The van der Waals surface area contributed by atoms with Crippen LogP contribution >= 0.6 is 11.8 Å². The fourth-order valence-corrected chi connectivity index (χ4v) is 8.00. The average molecular weight is 537 g/mol. The van der Waals surface area contributed by atoms with Gasteiger partial charge in [-0.3, -0.25) is 9.59 Å². The van der Waals surface area contributed by atoms with Crippen LogP contribution in [-0.4, -0.2) is 81.0 Å². The first-order valence-electron chi connectivity index (χ1n) is 13.2. The second kappa shape index (κ2) is 11.8. The Balaban J connectivity index is 1.36. The minimum atomic E-state index is -3.64. The number of thioether (sulfide) groups is 1. The second-order valence-electron chi connectivity index (χ2n) is 10.9. The molecule has 0 saturated carbocycles. The molecule has 1 aromatic carbocycles. The molecule has 0 bridgehead atoms. The molecule has 0 unspecified atom stereocenters. The number of carbonyl (C=O) groups is 2. The maximum Gasteiger partial charge on any atom is 0.243 e. The van der Waals surface area contributed by atoms with E-state index in [0.29, 0.717) is 43.1 Å². The number of hydrogen-bond donors (Lipinski definition) is 1. The molecule has 0 aromatic heterocycles. The Bertz CT molecular complexity index is 1050. The van der Waals surface area contributed by atoms with Crippen LogP contribution in [0.15, 0.2) is 28.0 Å². The number of fused-ring (bicyclic) bond motifs is 1. The molecular formula is C26H40N4O4S2. The van der Waals surface area contributed by atoms with Gasteiger partial charge in [-0.05, 0) is 68.2 Å². The Morgan fingerprint density at radius 2 is 1.78 bits per heavy atom. The highest BCUT2D eigenvalue weighted by Gasteiger charge is 2.32. The molecule has 4 rings (SSSR count). The van der Waals surface area contributed by atoms with Crippen LogP contribution in [0.4, 0.5) is 5.69 Å². The molecule has 2 saturated heterocycles. The van der Waals surface area contributed by atoms with Crippen LogP contribution in [0.2, 0.25) is 0 Å². The Morgan fingerprint density at radius 3 is 2.47 bits per heavy atom. The Morgan fingerprint density at radius 1 is 1.08 bits per heavy atom. The van der Waals surface area contributed by atoms with Gasteiger partial charge >= 0.3 is 0 Å². The second-order valence-corrected chi connectivity index (χ2v) is 13.8. The molecule has 3 heterocycles. The van der Waals surface area contributed by atoms with Crippen molar-refractivity contribution in [2.75, 3.05) is 56.5 Å². The van der Waals surface area contributed by atoms with E-state index < -0.39 is 10.0 Å². The fraction of sp³-hybridized carbons (Fsp3) is 0.692. The van der Waals surface area contributed by atoms with E-state index in [0.717, 1.165) is 43.8 Å². The summed E-state index contributed by atoms with van der Waals surface area (Å²) in [6.45, 7) is 11.4. The molecule has 2 atom stereocenters. The topological polar surface area (TPSA) is 90.0 Å². The fourth-order valence-electron chi connectivity index (χ4n) is 5.59. The van der Waals surface area contributed by atoms with Crippen molar-refractivity contribution >= 4 is 39.3 Å². The molecule has 1 N–H and O–H groups in total. The van der Waals surface area contributed by atoms with Crippen LogP contribution in [0.1, 0.15) is 46.5 Å². The first-order valence-corrected chi connectivity index (χ1v) is 15.6. The van der Waals surface area contributed by atoms with Crippen molar-refractivity contribution in [3.63, 3.8) is 0 Å².